The van der Waals surface area contributed by atoms with Crippen molar-refractivity contribution in [3.05, 3.63) is 97.1 Å². The molecule has 0 unspecified atom stereocenters. The Balaban J connectivity index is 1.51. The predicted molar refractivity (Wildman–Crippen MR) is 167 cm³/mol. The van der Waals surface area contributed by atoms with Crippen LogP contribution in [0.4, 0.5) is 15.9 Å². The molecule has 0 atom stereocenters. The summed E-state index contributed by atoms with van der Waals surface area (Å²) < 4.78 is 24.0. The summed E-state index contributed by atoms with van der Waals surface area (Å²) in [4.78, 5) is 30.1. The molecule has 4 aromatic heterocycles. The number of anilines is 2. The Morgan fingerprint density at radius 3 is 2.53 bits per heavy atom. The average Bonchev–Trinajstić information content (AvgIpc) is 3.59. The number of nitrogens with zero attached hydrogens (tertiary/aromatic N) is 5. The van der Waals surface area contributed by atoms with Crippen LogP contribution in [0.2, 0.25) is 0 Å². The van der Waals surface area contributed by atoms with Crippen molar-refractivity contribution in [1.29, 1.82) is 0 Å². The molecule has 0 fully saturated rings. The molecule has 0 aliphatic carbocycles. The highest BCUT2D eigenvalue weighted by Crippen LogP contribution is 2.49. The molecule has 6 rings (SSSR count). The molecular formula is C32H26FN7O2S. The van der Waals surface area contributed by atoms with E-state index in [0.29, 0.717) is 33.7 Å². The second kappa shape index (κ2) is 11.1. The zero-order chi connectivity index (χ0) is 30.2. The third kappa shape index (κ3) is 5.33. The molecule has 0 saturated heterocycles. The standard InChI is InChI=1S/C32H26FN7O2S/c1-17(2)31(41)39-21-8-5-19(6-9-21)28-26(20-7-10-25(23(33)13-20)42-32-36-12-11-18(3)38-32)27-29(43-28)22(14-37-30(27)34)24-15-35-16-40(24)4/h5-16H,1H2,2-4H3,(H2,34,37)(H,39,41). The summed E-state index contributed by atoms with van der Waals surface area (Å²) in [5, 5.41) is 3.53. The quantitative estimate of drug-likeness (QED) is 0.189. The predicted octanol–water partition coefficient (Wildman–Crippen LogP) is 7.16. The monoisotopic (exact) mass is 591 g/mol. The van der Waals surface area contributed by atoms with Gasteiger partial charge in [0.05, 0.1) is 22.9 Å². The highest BCUT2D eigenvalue weighted by molar-refractivity contribution is 7.23. The van der Waals surface area contributed by atoms with Crippen LogP contribution in [0, 0.1) is 12.7 Å². The van der Waals surface area contributed by atoms with Gasteiger partial charge in [-0.05, 0) is 55.3 Å². The Hall–Kier alpha value is -5.42. The summed E-state index contributed by atoms with van der Waals surface area (Å²) in [5.74, 6) is -0.531. The van der Waals surface area contributed by atoms with Crippen LogP contribution in [0.25, 0.3) is 42.9 Å². The lowest BCUT2D eigenvalue weighted by Gasteiger charge is -2.11. The van der Waals surface area contributed by atoms with E-state index in [-0.39, 0.29) is 17.7 Å². The van der Waals surface area contributed by atoms with E-state index in [4.69, 9.17) is 10.5 Å². The number of aromatic nitrogens is 5. The van der Waals surface area contributed by atoms with Gasteiger partial charge >= 0.3 is 6.01 Å². The molecule has 6 aromatic rings. The third-order valence-corrected chi connectivity index (χ3v) is 8.09. The van der Waals surface area contributed by atoms with Crippen LogP contribution in [0.3, 0.4) is 0 Å². The van der Waals surface area contributed by atoms with Gasteiger partial charge in [-0.2, -0.15) is 0 Å². The Morgan fingerprint density at radius 1 is 1.09 bits per heavy atom. The lowest BCUT2D eigenvalue weighted by Crippen LogP contribution is -2.11. The number of amides is 1. The van der Waals surface area contributed by atoms with Gasteiger partial charge in [0.1, 0.15) is 5.82 Å². The molecule has 43 heavy (non-hydrogen) atoms. The van der Waals surface area contributed by atoms with Crippen LogP contribution < -0.4 is 15.8 Å². The van der Waals surface area contributed by atoms with E-state index in [2.05, 4.69) is 31.8 Å². The number of pyridine rings is 1. The fourth-order valence-corrected chi connectivity index (χ4v) is 6.01. The molecule has 2 aromatic carbocycles. The number of nitrogens with one attached hydrogen (secondary N) is 1. The van der Waals surface area contributed by atoms with E-state index in [1.54, 1.807) is 57.0 Å². The smallest absolute Gasteiger partial charge is 0.322 e. The first-order chi connectivity index (χ1) is 20.7. The van der Waals surface area contributed by atoms with Crippen LogP contribution in [-0.4, -0.2) is 30.4 Å². The third-order valence-electron chi connectivity index (χ3n) is 6.82. The van der Waals surface area contributed by atoms with E-state index in [1.807, 2.05) is 35.9 Å². The van der Waals surface area contributed by atoms with Crippen molar-refractivity contribution in [3.8, 4) is 44.6 Å². The Kier molecular flexibility index (Phi) is 7.16. The zero-order valence-electron chi connectivity index (χ0n) is 23.6. The largest absolute Gasteiger partial charge is 0.421 e. The van der Waals surface area contributed by atoms with Crippen LogP contribution >= 0.6 is 11.3 Å². The number of hydrogen-bond donors (Lipinski definition) is 2. The molecule has 0 radical (unpaired) electrons. The van der Waals surface area contributed by atoms with Crippen molar-refractivity contribution in [2.24, 2.45) is 7.05 Å². The molecule has 214 valence electrons. The number of nitrogen functional groups attached to an aromatic ring is 1. The van der Waals surface area contributed by atoms with E-state index >= 15 is 4.39 Å². The van der Waals surface area contributed by atoms with E-state index in [9.17, 15) is 4.79 Å². The molecule has 0 aliphatic rings. The molecule has 11 heteroatoms. The fraction of sp³-hybridized carbons (Fsp3) is 0.0938. The highest BCUT2D eigenvalue weighted by atomic mass is 32.1. The number of rotatable bonds is 7. The molecule has 1 amide bonds. The van der Waals surface area contributed by atoms with Crippen molar-refractivity contribution in [2.45, 2.75) is 13.8 Å². The number of fused-ring (bicyclic) bond motifs is 1. The maximum absolute atomic E-state index is 15.6. The van der Waals surface area contributed by atoms with E-state index in [1.165, 1.54) is 17.4 Å². The molecule has 9 nitrogen and oxygen atoms in total. The number of carbonyl (C=O) groups excluding carboxylic acids is 1. The summed E-state index contributed by atoms with van der Waals surface area (Å²) in [7, 11) is 1.91. The maximum atomic E-state index is 15.6. The number of halogens is 1. The number of hydrogen-bond acceptors (Lipinski definition) is 8. The van der Waals surface area contributed by atoms with Crippen molar-refractivity contribution in [1.82, 2.24) is 24.5 Å². The second-order valence-electron chi connectivity index (χ2n) is 10.00. The minimum absolute atomic E-state index is 0.00490. The molecule has 3 N–H and O–H groups in total. The highest BCUT2D eigenvalue weighted by Gasteiger charge is 2.23. The SMILES string of the molecule is C=C(C)C(=O)Nc1ccc(-c2sc3c(-c4cncn4C)cnc(N)c3c2-c2ccc(Oc3nccc(C)n3)c(F)c2)cc1. The Morgan fingerprint density at radius 2 is 1.86 bits per heavy atom. The molecule has 0 saturated carbocycles. The van der Waals surface area contributed by atoms with Gasteiger partial charge < -0.3 is 20.4 Å². The minimum atomic E-state index is -0.583. The first-order valence-electron chi connectivity index (χ1n) is 13.2. The van der Waals surface area contributed by atoms with Crippen molar-refractivity contribution < 1.29 is 13.9 Å². The van der Waals surface area contributed by atoms with Gasteiger partial charge in [0.2, 0.25) is 0 Å². The number of carbonyl (C=O) groups is 1. The number of thiophene rings is 1. The topological polar surface area (TPSA) is 121 Å². The fourth-order valence-electron chi connectivity index (χ4n) is 4.66. The lowest BCUT2D eigenvalue weighted by molar-refractivity contribution is -0.112. The van der Waals surface area contributed by atoms with Crippen LogP contribution in [0.5, 0.6) is 11.8 Å². The van der Waals surface area contributed by atoms with Crippen LogP contribution in [-0.2, 0) is 11.8 Å². The van der Waals surface area contributed by atoms with Crippen molar-refractivity contribution in [2.75, 3.05) is 11.1 Å². The molecule has 4 heterocycles. The van der Waals surface area contributed by atoms with Gasteiger partial charge in [0.25, 0.3) is 5.91 Å². The van der Waals surface area contributed by atoms with E-state index < -0.39 is 5.82 Å². The molecule has 0 bridgehead atoms. The first kappa shape index (κ1) is 27.7. The normalized spacial score (nSPS) is 11.1. The molecule has 0 aliphatic heterocycles. The van der Waals surface area contributed by atoms with Gasteiger partial charge in [-0.15, -0.1) is 11.3 Å². The average molecular weight is 592 g/mol. The van der Waals surface area contributed by atoms with Crippen LogP contribution in [0.15, 0.2) is 85.6 Å². The Bertz CT molecular complexity index is 2030. The number of imidazole rings is 1. The summed E-state index contributed by atoms with van der Waals surface area (Å²) in [6.45, 7) is 7.14. The number of aryl methyl sites for hydroxylation is 2. The number of ether oxygens (including phenoxy) is 1. The van der Waals surface area contributed by atoms with Crippen LogP contribution in [0.1, 0.15) is 12.6 Å². The summed E-state index contributed by atoms with van der Waals surface area (Å²) >= 11 is 1.52. The summed E-state index contributed by atoms with van der Waals surface area (Å²) in [6, 6.07) is 14.0. The van der Waals surface area contributed by atoms with E-state index in [0.717, 1.165) is 32.0 Å². The van der Waals surface area contributed by atoms with Crippen molar-refractivity contribution in [3.63, 3.8) is 0 Å². The van der Waals surface area contributed by atoms with Gasteiger partial charge in [-0.3, -0.25) is 4.79 Å². The minimum Gasteiger partial charge on any atom is -0.421 e. The molecular weight excluding hydrogens is 565 g/mol. The van der Waals surface area contributed by atoms with Gasteiger partial charge in [-0.25, -0.2) is 24.3 Å². The Labute approximate surface area is 250 Å². The summed E-state index contributed by atoms with van der Waals surface area (Å²) in [5.41, 5.74) is 12.1. The maximum Gasteiger partial charge on any atom is 0.322 e. The van der Waals surface area contributed by atoms with Gasteiger partial charge in [0, 0.05) is 57.8 Å². The lowest BCUT2D eigenvalue weighted by atomic mass is 9.97. The van der Waals surface area contributed by atoms with Gasteiger partial charge in [-0.1, -0.05) is 24.8 Å². The first-order valence-corrected chi connectivity index (χ1v) is 14.0. The molecule has 0 spiro atoms. The zero-order valence-corrected chi connectivity index (χ0v) is 24.4. The van der Waals surface area contributed by atoms with Crippen molar-refractivity contribution >= 4 is 38.8 Å². The number of benzene rings is 2. The summed E-state index contributed by atoms with van der Waals surface area (Å²) in [6.07, 6.45) is 6.77. The van der Waals surface area contributed by atoms with Gasteiger partial charge in [0.15, 0.2) is 11.6 Å². The number of nitrogens with two attached hydrogens (primary N) is 1. The second-order valence-corrected chi connectivity index (χ2v) is 11.0.